The number of carbonyl (C=O) groups excluding carboxylic acids is 1. The molecule has 0 saturated heterocycles. The molecule has 24 heavy (non-hydrogen) atoms. The van der Waals surface area contributed by atoms with Crippen LogP contribution in [-0.4, -0.2) is 37.0 Å². The summed E-state index contributed by atoms with van der Waals surface area (Å²) < 4.78 is 2.96. The van der Waals surface area contributed by atoms with Crippen molar-refractivity contribution in [2.24, 2.45) is 25.9 Å². The van der Waals surface area contributed by atoms with Crippen LogP contribution >= 0.6 is 0 Å². The zero-order chi connectivity index (χ0) is 17.5. The lowest BCUT2D eigenvalue weighted by molar-refractivity contribution is -0.140. The van der Waals surface area contributed by atoms with Crippen molar-refractivity contribution in [1.29, 1.82) is 0 Å². The Bertz CT molecular complexity index is 668. The molecule has 2 aliphatic carbocycles. The van der Waals surface area contributed by atoms with Crippen LogP contribution in [0.1, 0.15) is 51.3 Å². The summed E-state index contributed by atoms with van der Waals surface area (Å²) >= 11 is 0. The smallest absolute Gasteiger partial charge is 0.345 e. The maximum atomic E-state index is 12.4. The number of hydrogen-bond acceptors (Lipinski definition) is 4. The monoisotopic (exact) mass is 336 g/mol. The van der Waals surface area contributed by atoms with Crippen molar-refractivity contribution >= 4 is 5.91 Å². The van der Waals surface area contributed by atoms with Crippen LogP contribution in [0.3, 0.4) is 0 Å². The Labute approximate surface area is 142 Å². The fourth-order valence-corrected chi connectivity index (χ4v) is 4.15. The van der Waals surface area contributed by atoms with Gasteiger partial charge in [0.2, 0.25) is 5.91 Å². The van der Waals surface area contributed by atoms with Crippen molar-refractivity contribution in [2.75, 3.05) is 0 Å². The summed E-state index contributed by atoms with van der Waals surface area (Å²) in [7, 11) is 3.41. The lowest BCUT2D eigenvalue weighted by atomic mass is 9.71. The van der Waals surface area contributed by atoms with Gasteiger partial charge in [-0.1, -0.05) is 12.8 Å². The van der Waals surface area contributed by atoms with Crippen molar-refractivity contribution in [1.82, 2.24) is 19.7 Å². The molecule has 0 aromatic carbocycles. The van der Waals surface area contributed by atoms with E-state index in [1.165, 1.54) is 4.68 Å². The van der Waals surface area contributed by atoms with E-state index >= 15 is 0 Å². The van der Waals surface area contributed by atoms with Crippen molar-refractivity contribution in [3.63, 3.8) is 0 Å². The molecule has 7 heteroatoms. The molecule has 1 aromatic heterocycles. The number of nitrogens with one attached hydrogen (secondary N) is 1. The van der Waals surface area contributed by atoms with E-state index in [1.807, 2.05) is 0 Å². The minimum absolute atomic E-state index is 0.0633. The average Bonchev–Trinajstić information content (AvgIpc) is 2.74. The number of aliphatic hydroxyl groups is 1. The molecular weight excluding hydrogens is 308 g/mol. The van der Waals surface area contributed by atoms with Gasteiger partial charge in [0.25, 0.3) is 0 Å². The van der Waals surface area contributed by atoms with Crippen molar-refractivity contribution in [3.8, 4) is 0 Å². The van der Waals surface area contributed by atoms with E-state index in [9.17, 15) is 14.7 Å². The molecule has 0 radical (unpaired) electrons. The maximum absolute atomic E-state index is 12.4. The predicted octanol–water partition coefficient (Wildman–Crippen LogP) is 0.497. The van der Waals surface area contributed by atoms with Gasteiger partial charge in [-0.2, -0.15) is 5.10 Å². The summed E-state index contributed by atoms with van der Waals surface area (Å²) in [5.41, 5.74) is -0.793. The highest BCUT2D eigenvalue weighted by molar-refractivity contribution is 5.80. The second-order valence-corrected chi connectivity index (χ2v) is 7.85. The predicted molar refractivity (Wildman–Crippen MR) is 89.4 cm³/mol. The van der Waals surface area contributed by atoms with Gasteiger partial charge in [0.05, 0.1) is 5.60 Å². The second kappa shape index (κ2) is 6.35. The van der Waals surface area contributed by atoms with Crippen LogP contribution in [0.5, 0.6) is 0 Å². The Morgan fingerprint density at radius 3 is 2.58 bits per heavy atom. The molecule has 2 saturated carbocycles. The molecule has 2 fully saturated rings. The number of carbonyl (C=O) groups is 1. The van der Waals surface area contributed by atoms with E-state index < -0.39 is 5.60 Å². The average molecular weight is 336 g/mol. The summed E-state index contributed by atoms with van der Waals surface area (Å²) in [6.07, 6.45) is 6.08. The molecular formula is C17H28N4O3. The van der Waals surface area contributed by atoms with Crippen LogP contribution in [0, 0.1) is 11.8 Å². The normalized spacial score (nSPS) is 33.1. The van der Waals surface area contributed by atoms with Crippen LogP contribution in [-0.2, 0) is 25.3 Å². The first kappa shape index (κ1) is 17.2. The largest absolute Gasteiger partial charge is 0.390 e. The highest BCUT2D eigenvalue weighted by atomic mass is 16.3. The van der Waals surface area contributed by atoms with Gasteiger partial charge in [-0.05, 0) is 38.5 Å². The molecule has 0 spiro atoms. The van der Waals surface area contributed by atoms with E-state index in [1.54, 1.807) is 25.6 Å². The first-order chi connectivity index (χ1) is 11.3. The molecule has 3 rings (SSSR count). The first-order valence-corrected chi connectivity index (χ1v) is 8.88. The quantitative estimate of drug-likeness (QED) is 0.838. The Morgan fingerprint density at radius 2 is 2.00 bits per heavy atom. The topological polar surface area (TPSA) is 89.2 Å². The fraction of sp³-hybridized carbons (Fsp3) is 0.824. The van der Waals surface area contributed by atoms with Crippen LogP contribution in [0.4, 0.5) is 0 Å². The first-order valence-electron chi connectivity index (χ1n) is 8.88. The Morgan fingerprint density at radius 1 is 1.33 bits per heavy atom. The van der Waals surface area contributed by atoms with E-state index in [0.717, 1.165) is 31.5 Å². The standard InChI is InChI=1S/C17H28N4O3/c1-17(24)9-12(10-17)15(22)18-13-7-5-4-6-11(13)8-14-19-21(3)16(23)20(14)2/h11-13,24H,4-10H2,1-3H3,(H,18,22)/t11-,12?,13-,17?/m1/s1. The highest BCUT2D eigenvalue weighted by Gasteiger charge is 2.43. The van der Waals surface area contributed by atoms with Crippen LogP contribution in [0.25, 0.3) is 0 Å². The molecule has 7 nitrogen and oxygen atoms in total. The van der Waals surface area contributed by atoms with E-state index in [2.05, 4.69) is 10.4 Å². The summed E-state index contributed by atoms with van der Waals surface area (Å²) in [6, 6.07) is 0.133. The Kier molecular flexibility index (Phi) is 4.55. The minimum Gasteiger partial charge on any atom is -0.390 e. The highest BCUT2D eigenvalue weighted by Crippen LogP contribution is 2.38. The molecule has 1 aromatic rings. The lowest BCUT2D eigenvalue weighted by Crippen LogP contribution is -2.52. The zero-order valence-electron chi connectivity index (χ0n) is 14.8. The van der Waals surface area contributed by atoms with Crippen molar-refractivity contribution in [2.45, 2.75) is 63.5 Å². The molecule has 134 valence electrons. The van der Waals surface area contributed by atoms with Crippen LogP contribution in [0.15, 0.2) is 4.79 Å². The summed E-state index contributed by atoms with van der Waals surface area (Å²) in [5.74, 6) is 1.08. The third kappa shape index (κ3) is 3.41. The zero-order valence-corrected chi connectivity index (χ0v) is 14.8. The number of amides is 1. The molecule has 0 aliphatic heterocycles. The van der Waals surface area contributed by atoms with E-state index in [-0.39, 0.29) is 23.6 Å². The number of nitrogens with zero attached hydrogens (tertiary/aromatic N) is 3. The van der Waals surface area contributed by atoms with Gasteiger partial charge in [0.15, 0.2) is 0 Å². The van der Waals surface area contributed by atoms with Gasteiger partial charge in [0, 0.05) is 32.5 Å². The van der Waals surface area contributed by atoms with E-state index in [4.69, 9.17) is 0 Å². The minimum atomic E-state index is -0.680. The lowest BCUT2D eigenvalue weighted by Gasteiger charge is -2.41. The molecule has 2 atom stereocenters. The second-order valence-electron chi connectivity index (χ2n) is 7.85. The molecule has 2 N–H and O–H groups in total. The number of hydrogen-bond donors (Lipinski definition) is 2. The van der Waals surface area contributed by atoms with Crippen molar-refractivity contribution < 1.29 is 9.90 Å². The van der Waals surface area contributed by atoms with Gasteiger partial charge in [-0.15, -0.1) is 0 Å². The number of aromatic nitrogens is 3. The van der Waals surface area contributed by atoms with Crippen LogP contribution in [0.2, 0.25) is 0 Å². The third-order valence-electron chi connectivity index (χ3n) is 5.64. The molecule has 1 amide bonds. The summed E-state index contributed by atoms with van der Waals surface area (Å²) in [4.78, 5) is 24.3. The van der Waals surface area contributed by atoms with Crippen LogP contribution < -0.4 is 11.0 Å². The molecule has 1 heterocycles. The SMILES string of the molecule is Cn1nc(C[C@H]2CCCC[C@H]2NC(=O)C2CC(C)(O)C2)n(C)c1=O. The summed E-state index contributed by atoms with van der Waals surface area (Å²) in [6.45, 7) is 1.78. The Balaban J connectivity index is 1.64. The van der Waals surface area contributed by atoms with Gasteiger partial charge >= 0.3 is 5.69 Å². The van der Waals surface area contributed by atoms with Gasteiger partial charge in [-0.25, -0.2) is 9.48 Å². The number of aryl methyl sites for hydroxylation is 1. The van der Waals surface area contributed by atoms with E-state index in [0.29, 0.717) is 25.2 Å². The fourth-order valence-electron chi connectivity index (χ4n) is 4.15. The molecule has 2 aliphatic rings. The van der Waals surface area contributed by atoms with Crippen molar-refractivity contribution in [3.05, 3.63) is 16.3 Å². The third-order valence-corrected chi connectivity index (χ3v) is 5.64. The maximum Gasteiger partial charge on any atom is 0.345 e. The number of rotatable bonds is 4. The summed E-state index contributed by atoms with van der Waals surface area (Å²) in [5, 5.41) is 17.3. The Hall–Kier alpha value is -1.63. The van der Waals surface area contributed by atoms with Gasteiger partial charge in [-0.3, -0.25) is 9.36 Å². The molecule has 0 bridgehead atoms. The van der Waals surface area contributed by atoms with Gasteiger partial charge in [0.1, 0.15) is 5.82 Å². The van der Waals surface area contributed by atoms with Gasteiger partial charge < -0.3 is 10.4 Å². The molecule has 0 unspecified atom stereocenters.